The van der Waals surface area contributed by atoms with Crippen LogP contribution in [-0.4, -0.2) is 44.1 Å². The molecule has 0 aliphatic carbocycles. The molecule has 0 radical (unpaired) electrons. The Balaban J connectivity index is 1.94. The third-order valence-electron chi connectivity index (χ3n) is 4.30. The second kappa shape index (κ2) is 6.50. The van der Waals surface area contributed by atoms with Gasteiger partial charge in [0.15, 0.2) is 5.76 Å². The minimum atomic E-state index is -0.0387. The number of hydrogen-bond acceptors (Lipinski definition) is 4. The molecule has 5 nitrogen and oxygen atoms in total. The number of carbonyl (C=O) groups excluding carboxylic acids is 1. The van der Waals surface area contributed by atoms with Crippen LogP contribution in [0, 0.1) is 0 Å². The summed E-state index contributed by atoms with van der Waals surface area (Å²) in [4.78, 5) is 14.8. The maximum absolute atomic E-state index is 12.9. The van der Waals surface area contributed by atoms with Gasteiger partial charge in [-0.3, -0.25) is 4.79 Å². The molecule has 1 aliphatic heterocycles. The molecule has 118 valence electrons. The van der Waals surface area contributed by atoms with Gasteiger partial charge in [0.25, 0.3) is 5.91 Å². The zero-order valence-corrected chi connectivity index (χ0v) is 13.1. The average molecular weight is 302 g/mol. The van der Waals surface area contributed by atoms with Crippen LogP contribution in [-0.2, 0) is 11.3 Å². The van der Waals surface area contributed by atoms with E-state index in [9.17, 15) is 4.79 Å². The van der Waals surface area contributed by atoms with Crippen molar-refractivity contribution >= 4 is 16.9 Å². The SMILES string of the molecule is CNC1CCCN(C(=O)c2oc3ccccc3c2COC)C1. The van der Waals surface area contributed by atoms with Gasteiger partial charge in [0.05, 0.1) is 6.61 Å². The van der Waals surface area contributed by atoms with Crippen molar-refractivity contribution in [3.05, 3.63) is 35.6 Å². The van der Waals surface area contributed by atoms with Crippen LogP contribution in [0.3, 0.4) is 0 Å². The Kier molecular flexibility index (Phi) is 4.45. The van der Waals surface area contributed by atoms with Crippen LogP contribution in [0.1, 0.15) is 29.0 Å². The smallest absolute Gasteiger partial charge is 0.290 e. The van der Waals surface area contributed by atoms with Gasteiger partial charge in [0.1, 0.15) is 5.58 Å². The lowest BCUT2D eigenvalue weighted by Gasteiger charge is -2.32. The number of nitrogens with zero attached hydrogens (tertiary/aromatic N) is 1. The number of likely N-dealkylation sites (N-methyl/N-ethyl adjacent to an activating group) is 1. The van der Waals surface area contributed by atoms with E-state index in [1.807, 2.05) is 36.2 Å². The lowest BCUT2D eigenvalue weighted by molar-refractivity contribution is 0.0662. The molecular weight excluding hydrogens is 280 g/mol. The van der Waals surface area contributed by atoms with E-state index in [1.165, 1.54) is 0 Å². The van der Waals surface area contributed by atoms with E-state index < -0.39 is 0 Å². The Morgan fingerprint density at radius 3 is 3.05 bits per heavy atom. The molecule has 2 heterocycles. The predicted octanol–water partition coefficient (Wildman–Crippen LogP) is 2.40. The summed E-state index contributed by atoms with van der Waals surface area (Å²) < 4.78 is 11.1. The molecular formula is C17H22N2O3. The van der Waals surface area contributed by atoms with Crippen LogP contribution in [0.4, 0.5) is 0 Å². The Labute approximate surface area is 130 Å². The number of fused-ring (bicyclic) bond motifs is 1. The summed E-state index contributed by atoms with van der Waals surface area (Å²) in [6.07, 6.45) is 2.11. The summed E-state index contributed by atoms with van der Waals surface area (Å²) in [5.41, 5.74) is 1.58. The van der Waals surface area contributed by atoms with E-state index in [0.717, 1.165) is 42.5 Å². The number of ether oxygens (including phenoxy) is 1. The lowest BCUT2D eigenvalue weighted by Crippen LogP contribution is -2.47. The predicted molar refractivity (Wildman–Crippen MR) is 84.9 cm³/mol. The van der Waals surface area contributed by atoms with Crippen LogP contribution in [0.25, 0.3) is 11.0 Å². The summed E-state index contributed by atoms with van der Waals surface area (Å²) in [6, 6.07) is 8.07. The van der Waals surface area contributed by atoms with Gasteiger partial charge >= 0.3 is 0 Å². The van der Waals surface area contributed by atoms with Gasteiger partial charge in [-0.2, -0.15) is 0 Å². The Bertz CT molecular complexity index is 665. The molecule has 0 saturated carbocycles. The van der Waals surface area contributed by atoms with Gasteiger partial charge < -0.3 is 19.4 Å². The number of methoxy groups -OCH3 is 1. The summed E-state index contributed by atoms with van der Waals surface area (Å²) in [5, 5.41) is 4.21. The van der Waals surface area contributed by atoms with Crippen LogP contribution >= 0.6 is 0 Å². The van der Waals surface area contributed by atoms with Crippen molar-refractivity contribution in [1.82, 2.24) is 10.2 Å². The number of benzene rings is 1. The first-order chi connectivity index (χ1) is 10.7. The van der Waals surface area contributed by atoms with Crippen LogP contribution in [0.2, 0.25) is 0 Å². The highest BCUT2D eigenvalue weighted by Gasteiger charge is 2.28. The number of rotatable bonds is 4. The summed E-state index contributed by atoms with van der Waals surface area (Å²) >= 11 is 0. The zero-order valence-electron chi connectivity index (χ0n) is 13.1. The maximum atomic E-state index is 12.9. The molecule has 1 unspecified atom stereocenters. The van der Waals surface area contributed by atoms with Crippen LogP contribution in [0.15, 0.2) is 28.7 Å². The van der Waals surface area contributed by atoms with E-state index in [2.05, 4.69) is 5.32 Å². The molecule has 22 heavy (non-hydrogen) atoms. The van der Waals surface area contributed by atoms with Crippen molar-refractivity contribution in [3.8, 4) is 0 Å². The van der Waals surface area contributed by atoms with E-state index >= 15 is 0 Å². The highest BCUT2D eigenvalue weighted by atomic mass is 16.5. The molecule has 1 aliphatic rings. The largest absolute Gasteiger partial charge is 0.451 e. The maximum Gasteiger partial charge on any atom is 0.290 e. The van der Waals surface area contributed by atoms with Crippen molar-refractivity contribution in [2.24, 2.45) is 0 Å². The number of piperidine rings is 1. The standard InChI is InChI=1S/C17H22N2O3/c1-18-12-6-5-9-19(10-12)17(20)16-14(11-21-2)13-7-3-4-8-15(13)22-16/h3-4,7-8,12,18H,5-6,9-11H2,1-2H3. The monoisotopic (exact) mass is 302 g/mol. The van der Waals surface area contributed by atoms with Crippen LogP contribution in [0.5, 0.6) is 0 Å². The first-order valence-corrected chi connectivity index (χ1v) is 7.70. The summed E-state index contributed by atoms with van der Waals surface area (Å²) in [6.45, 7) is 1.88. The second-order valence-corrected chi connectivity index (χ2v) is 5.72. The molecule has 1 aromatic heterocycles. The molecule has 1 atom stereocenters. The van der Waals surface area contributed by atoms with E-state index in [1.54, 1.807) is 7.11 Å². The van der Waals surface area contributed by atoms with Crippen molar-refractivity contribution in [1.29, 1.82) is 0 Å². The molecule has 1 aromatic carbocycles. The first kappa shape index (κ1) is 15.1. The molecule has 1 saturated heterocycles. The number of likely N-dealkylation sites (tertiary alicyclic amines) is 1. The Morgan fingerprint density at radius 2 is 2.27 bits per heavy atom. The number of carbonyl (C=O) groups is 1. The van der Waals surface area contributed by atoms with E-state index in [-0.39, 0.29) is 5.91 Å². The van der Waals surface area contributed by atoms with Crippen molar-refractivity contribution in [3.63, 3.8) is 0 Å². The fraction of sp³-hybridized carbons (Fsp3) is 0.471. The molecule has 5 heteroatoms. The topological polar surface area (TPSA) is 54.7 Å². The quantitative estimate of drug-likeness (QED) is 0.942. The highest BCUT2D eigenvalue weighted by Crippen LogP contribution is 2.28. The van der Waals surface area contributed by atoms with E-state index in [4.69, 9.17) is 9.15 Å². The number of nitrogens with one attached hydrogen (secondary N) is 1. The molecule has 2 aromatic rings. The third-order valence-corrected chi connectivity index (χ3v) is 4.30. The van der Waals surface area contributed by atoms with E-state index in [0.29, 0.717) is 18.4 Å². The van der Waals surface area contributed by atoms with Gasteiger partial charge in [-0.05, 0) is 26.0 Å². The second-order valence-electron chi connectivity index (χ2n) is 5.72. The third kappa shape index (κ3) is 2.74. The fourth-order valence-electron chi connectivity index (χ4n) is 3.10. The number of hydrogen-bond donors (Lipinski definition) is 1. The molecule has 0 spiro atoms. The first-order valence-electron chi connectivity index (χ1n) is 7.70. The molecule has 0 bridgehead atoms. The van der Waals surface area contributed by atoms with Gasteiger partial charge in [-0.15, -0.1) is 0 Å². The highest BCUT2D eigenvalue weighted by molar-refractivity contribution is 5.99. The Hall–Kier alpha value is -1.85. The Morgan fingerprint density at radius 1 is 1.45 bits per heavy atom. The normalized spacial score (nSPS) is 18.8. The molecule has 1 fully saturated rings. The van der Waals surface area contributed by atoms with Crippen LogP contribution < -0.4 is 5.32 Å². The average Bonchev–Trinajstić information content (AvgIpc) is 2.93. The molecule has 1 amide bonds. The molecule has 1 N–H and O–H groups in total. The zero-order chi connectivity index (χ0) is 15.5. The minimum Gasteiger partial charge on any atom is -0.451 e. The number of amides is 1. The van der Waals surface area contributed by atoms with Crippen molar-refractivity contribution < 1.29 is 13.9 Å². The van der Waals surface area contributed by atoms with Gasteiger partial charge in [0.2, 0.25) is 0 Å². The van der Waals surface area contributed by atoms with Gasteiger partial charge in [-0.25, -0.2) is 0 Å². The lowest BCUT2D eigenvalue weighted by atomic mass is 10.0. The fourth-order valence-corrected chi connectivity index (χ4v) is 3.10. The summed E-state index contributed by atoms with van der Waals surface area (Å²) in [7, 11) is 3.57. The van der Waals surface area contributed by atoms with Crippen molar-refractivity contribution in [2.75, 3.05) is 27.2 Å². The van der Waals surface area contributed by atoms with Gasteiger partial charge in [-0.1, -0.05) is 18.2 Å². The van der Waals surface area contributed by atoms with Gasteiger partial charge in [0, 0.05) is 37.2 Å². The molecule has 3 rings (SSSR count). The van der Waals surface area contributed by atoms with Crippen molar-refractivity contribution in [2.45, 2.75) is 25.5 Å². The minimum absolute atomic E-state index is 0.0387. The summed E-state index contributed by atoms with van der Waals surface area (Å²) in [5.74, 6) is 0.378. The number of furan rings is 1. The number of para-hydroxylation sites is 1.